The second kappa shape index (κ2) is 6.76. The van der Waals surface area contributed by atoms with Crippen molar-refractivity contribution in [3.8, 4) is 0 Å². The van der Waals surface area contributed by atoms with Gasteiger partial charge < -0.3 is 19.7 Å². The van der Waals surface area contributed by atoms with Crippen molar-refractivity contribution in [3.63, 3.8) is 0 Å². The summed E-state index contributed by atoms with van der Waals surface area (Å²) >= 11 is 0. The molecule has 1 aromatic rings. The zero-order chi connectivity index (χ0) is 14.5. The molecule has 0 aromatic heterocycles. The van der Waals surface area contributed by atoms with Crippen LogP contribution in [-0.4, -0.2) is 46.8 Å². The first-order chi connectivity index (χ1) is 9.58. The topological polar surface area (TPSA) is 102 Å². The van der Waals surface area contributed by atoms with Gasteiger partial charge in [0, 0.05) is 4.92 Å². The zero-order valence-electron chi connectivity index (χ0n) is 10.8. The summed E-state index contributed by atoms with van der Waals surface area (Å²) in [6.07, 6.45) is -3.50. The van der Waals surface area contributed by atoms with Crippen LogP contribution < -0.4 is 0 Å². The van der Waals surface area contributed by atoms with Gasteiger partial charge in [0.1, 0.15) is 6.10 Å². The molecule has 0 bridgehead atoms. The summed E-state index contributed by atoms with van der Waals surface area (Å²) in [7, 11) is 0. The van der Waals surface area contributed by atoms with Gasteiger partial charge in [0.25, 0.3) is 0 Å². The van der Waals surface area contributed by atoms with Crippen molar-refractivity contribution in [2.24, 2.45) is 5.92 Å². The summed E-state index contributed by atoms with van der Waals surface area (Å²) in [5.41, 5.74) is 0.908. The average Bonchev–Trinajstić information content (AvgIpc) is 2.44. The number of nitro groups is 1. The second-order valence-electron chi connectivity index (χ2n) is 4.75. The average molecular weight is 283 g/mol. The third-order valence-electron chi connectivity index (χ3n) is 3.23. The lowest BCUT2D eigenvalue weighted by Crippen LogP contribution is -2.52. The van der Waals surface area contributed by atoms with Crippen LogP contribution >= 0.6 is 0 Å². The third-order valence-corrected chi connectivity index (χ3v) is 3.23. The van der Waals surface area contributed by atoms with E-state index < -0.39 is 35.9 Å². The number of benzene rings is 1. The van der Waals surface area contributed by atoms with Crippen LogP contribution in [0.2, 0.25) is 0 Å². The molecule has 1 aromatic carbocycles. The quantitative estimate of drug-likeness (QED) is 0.590. The molecule has 1 aliphatic rings. The lowest BCUT2D eigenvalue weighted by molar-refractivity contribution is -0.495. The van der Waals surface area contributed by atoms with Crippen molar-refractivity contribution in [1.29, 1.82) is 0 Å². The summed E-state index contributed by atoms with van der Waals surface area (Å²) in [5.74, 6) is -0.725. The van der Waals surface area contributed by atoms with Gasteiger partial charge >= 0.3 is 0 Å². The molecule has 20 heavy (non-hydrogen) atoms. The van der Waals surface area contributed by atoms with Crippen LogP contribution in [0.15, 0.2) is 30.3 Å². The van der Waals surface area contributed by atoms with Crippen LogP contribution in [-0.2, 0) is 16.1 Å². The smallest absolute Gasteiger partial charge is 0.211 e. The van der Waals surface area contributed by atoms with Gasteiger partial charge in [-0.15, -0.1) is 0 Å². The largest absolute Gasteiger partial charge is 0.390 e. The van der Waals surface area contributed by atoms with Gasteiger partial charge in [-0.05, 0) is 5.56 Å². The molecule has 0 amide bonds. The van der Waals surface area contributed by atoms with E-state index in [-0.39, 0.29) is 13.2 Å². The van der Waals surface area contributed by atoms with Crippen LogP contribution in [0, 0.1) is 16.0 Å². The number of ether oxygens (including phenoxy) is 2. The highest BCUT2D eigenvalue weighted by atomic mass is 16.7. The van der Waals surface area contributed by atoms with E-state index in [4.69, 9.17) is 9.47 Å². The van der Waals surface area contributed by atoms with E-state index in [1.54, 1.807) is 0 Å². The Labute approximate surface area is 115 Å². The first-order valence-electron chi connectivity index (χ1n) is 6.33. The number of aliphatic hydroxyl groups excluding tert-OH is 2. The van der Waals surface area contributed by atoms with Crippen LogP contribution in [0.25, 0.3) is 0 Å². The molecule has 0 aliphatic carbocycles. The van der Waals surface area contributed by atoms with Crippen molar-refractivity contribution >= 4 is 0 Å². The van der Waals surface area contributed by atoms with Crippen molar-refractivity contribution in [2.45, 2.75) is 25.1 Å². The van der Waals surface area contributed by atoms with E-state index in [0.717, 1.165) is 5.56 Å². The molecule has 2 N–H and O–H groups in total. The summed E-state index contributed by atoms with van der Waals surface area (Å²) in [6, 6.07) is 9.32. The Kier molecular flexibility index (Phi) is 5.02. The monoisotopic (exact) mass is 283 g/mol. The molecule has 2 rings (SSSR count). The van der Waals surface area contributed by atoms with E-state index in [0.29, 0.717) is 0 Å². The van der Waals surface area contributed by atoms with Gasteiger partial charge in [-0.3, -0.25) is 10.1 Å². The van der Waals surface area contributed by atoms with E-state index in [1.165, 1.54) is 0 Å². The van der Waals surface area contributed by atoms with Gasteiger partial charge in [-0.2, -0.15) is 0 Å². The van der Waals surface area contributed by atoms with Crippen LogP contribution in [0.1, 0.15) is 5.56 Å². The normalized spacial score (nSPS) is 30.1. The molecule has 7 nitrogen and oxygen atoms in total. The minimum Gasteiger partial charge on any atom is -0.390 e. The molecule has 7 heteroatoms. The molecule has 1 fully saturated rings. The highest BCUT2D eigenvalue weighted by Crippen LogP contribution is 2.22. The van der Waals surface area contributed by atoms with E-state index in [1.807, 2.05) is 30.3 Å². The molecule has 110 valence electrons. The second-order valence-corrected chi connectivity index (χ2v) is 4.75. The fourth-order valence-electron chi connectivity index (χ4n) is 2.11. The molecule has 0 unspecified atom stereocenters. The van der Waals surface area contributed by atoms with Crippen molar-refractivity contribution in [2.75, 3.05) is 13.2 Å². The molecule has 1 saturated heterocycles. The first-order valence-corrected chi connectivity index (χ1v) is 6.33. The van der Waals surface area contributed by atoms with Crippen molar-refractivity contribution < 1.29 is 24.6 Å². The van der Waals surface area contributed by atoms with Crippen molar-refractivity contribution in [3.05, 3.63) is 46.0 Å². The van der Waals surface area contributed by atoms with Gasteiger partial charge in [0.05, 0.1) is 25.2 Å². The molecule has 0 saturated carbocycles. The number of hydrogen-bond donors (Lipinski definition) is 2. The SMILES string of the molecule is O=[N+]([O-])C[C@@H]1CO[C@@H](OCc2ccccc2)[C@H](O)[C@H]1O. The highest BCUT2D eigenvalue weighted by molar-refractivity contribution is 5.13. The summed E-state index contributed by atoms with van der Waals surface area (Å²) in [5, 5.41) is 30.2. The first kappa shape index (κ1) is 14.9. The van der Waals surface area contributed by atoms with Crippen molar-refractivity contribution in [1.82, 2.24) is 0 Å². The minimum absolute atomic E-state index is 0.0152. The number of rotatable bonds is 5. The molecule has 1 aliphatic heterocycles. The Morgan fingerprint density at radius 2 is 2.00 bits per heavy atom. The van der Waals surface area contributed by atoms with Crippen LogP contribution in [0.5, 0.6) is 0 Å². The summed E-state index contributed by atoms with van der Waals surface area (Å²) in [6.45, 7) is -0.225. The van der Waals surface area contributed by atoms with Crippen LogP contribution in [0.3, 0.4) is 0 Å². The molecule has 0 spiro atoms. The fraction of sp³-hybridized carbons (Fsp3) is 0.538. The Morgan fingerprint density at radius 3 is 2.65 bits per heavy atom. The predicted octanol–water partition coefficient (Wildman–Crippen LogP) is 0.174. The highest BCUT2D eigenvalue weighted by Gasteiger charge is 2.41. The lowest BCUT2D eigenvalue weighted by atomic mass is 9.96. The lowest BCUT2D eigenvalue weighted by Gasteiger charge is -2.35. The summed E-state index contributed by atoms with van der Waals surface area (Å²) in [4.78, 5) is 9.91. The molecular weight excluding hydrogens is 266 g/mol. The van der Waals surface area contributed by atoms with Gasteiger partial charge in [-0.25, -0.2) is 0 Å². The maximum atomic E-state index is 10.4. The molecule has 1 heterocycles. The van der Waals surface area contributed by atoms with Crippen LogP contribution in [0.4, 0.5) is 0 Å². The Hall–Kier alpha value is -1.54. The minimum atomic E-state index is -1.29. The Morgan fingerprint density at radius 1 is 1.30 bits per heavy atom. The molecular formula is C13H17NO6. The van der Waals surface area contributed by atoms with Gasteiger partial charge in [-0.1, -0.05) is 30.3 Å². The van der Waals surface area contributed by atoms with Gasteiger partial charge in [0.2, 0.25) is 6.54 Å². The molecule has 4 atom stereocenters. The van der Waals surface area contributed by atoms with E-state index >= 15 is 0 Å². The number of nitrogens with zero attached hydrogens (tertiary/aromatic N) is 1. The Balaban J connectivity index is 1.87. The maximum absolute atomic E-state index is 10.4. The third kappa shape index (κ3) is 3.73. The molecule has 0 radical (unpaired) electrons. The number of hydrogen-bond acceptors (Lipinski definition) is 6. The standard InChI is InChI=1S/C13H17NO6/c15-11-10(6-14(17)18)8-20-13(12(11)16)19-7-9-4-2-1-3-5-9/h1-5,10-13,15-16H,6-8H2/t10-,11+,12-,13-/m1/s1. The maximum Gasteiger partial charge on any atom is 0.211 e. The fourth-order valence-corrected chi connectivity index (χ4v) is 2.11. The number of aliphatic hydroxyl groups is 2. The zero-order valence-corrected chi connectivity index (χ0v) is 10.8. The summed E-state index contributed by atoms with van der Waals surface area (Å²) < 4.78 is 10.7. The van der Waals surface area contributed by atoms with E-state index in [2.05, 4.69) is 0 Å². The van der Waals surface area contributed by atoms with E-state index in [9.17, 15) is 20.3 Å². The predicted molar refractivity (Wildman–Crippen MR) is 68.3 cm³/mol. The Bertz CT molecular complexity index is 440. The van der Waals surface area contributed by atoms with Gasteiger partial charge in [0.15, 0.2) is 6.29 Å².